The van der Waals surface area contributed by atoms with Crippen molar-refractivity contribution in [2.45, 2.75) is 33.1 Å². The largest absolute Gasteiger partial charge is 0.0591 e. The minimum Gasteiger partial charge on any atom is -0.0591 e. The summed E-state index contributed by atoms with van der Waals surface area (Å²) in [5.41, 5.74) is 1.66. The van der Waals surface area contributed by atoms with E-state index in [9.17, 15) is 0 Å². The highest BCUT2D eigenvalue weighted by Gasteiger charge is 2.80. The van der Waals surface area contributed by atoms with E-state index in [1.54, 1.807) is 12.8 Å². The fraction of sp³-hybridized carbons (Fsp3) is 1.00. The van der Waals surface area contributed by atoms with Crippen LogP contribution >= 0.6 is 0 Å². The summed E-state index contributed by atoms with van der Waals surface area (Å²) < 4.78 is 0. The van der Waals surface area contributed by atoms with Crippen molar-refractivity contribution in [2.75, 3.05) is 0 Å². The Morgan fingerprint density at radius 2 is 2.00 bits per heavy atom. The first-order valence-electron chi connectivity index (χ1n) is 4.18. The Morgan fingerprint density at radius 1 is 1.22 bits per heavy atom. The molecule has 3 rings (SSSR count). The van der Waals surface area contributed by atoms with E-state index in [1.165, 1.54) is 18.3 Å². The zero-order valence-corrected chi connectivity index (χ0v) is 6.28. The van der Waals surface area contributed by atoms with Crippen LogP contribution in [0.1, 0.15) is 33.1 Å². The third-order valence-electron chi connectivity index (χ3n) is 4.90. The van der Waals surface area contributed by atoms with Crippen LogP contribution in [0.2, 0.25) is 0 Å². The Kier molecular flexibility index (Phi) is 0.470. The average Bonchev–Trinajstić information content (AvgIpc) is 2.25. The standard InChI is InChI=1S/C9H14/c1-8-4-3-6-7(5-8)9(6,8)2/h6-7H,3-5H2,1-2H3. The van der Waals surface area contributed by atoms with Gasteiger partial charge in [-0.25, -0.2) is 0 Å². The van der Waals surface area contributed by atoms with Gasteiger partial charge in [-0.05, 0) is 41.9 Å². The van der Waals surface area contributed by atoms with Gasteiger partial charge in [-0.1, -0.05) is 13.8 Å². The van der Waals surface area contributed by atoms with Gasteiger partial charge in [-0.3, -0.25) is 0 Å². The molecule has 0 N–H and O–H groups in total. The molecule has 0 aromatic heterocycles. The second kappa shape index (κ2) is 0.889. The van der Waals surface area contributed by atoms with E-state index in [2.05, 4.69) is 13.8 Å². The van der Waals surface area contributed by atoms with E-state index < -0.39 is 0 Å². The zero-order valence-electron chi connectivity index (χ0n) is 6.28. The van der Waals surface area contributed by atoms with Gasteiger partial charge in [0, 0.05) is 0 Å². The van der Waals surface area contributed by atoms with Gasteiger partial charge in [-0.2, -0.15) is 0 Å². The second-order valence-corrected chi connectivity index (χ2v) is 4.80. The summed E-state index contributed by atoms with van der Waals surface area (Å²) in [7, 11) is 0. The number of hydrogen-bond donors (Lipinski definition) is 0. The molecule has 0 aromatic carbocycles. The van der Waals surface area contributed by atoms with E-state index in [0.717, 1.165) is 10.8 Å². The molecule has 0 spiro atoms. The monoisotopic (exact) mass is 122 g/mol. The lowest BCUT2D eigenvalue weighted by molar-refractivity contribution is 0.0527. The van der Waals surface area contributed by atoms with Gasteiger partial charge in [0.25, 0.3) is 0 Å². The Morgan fingerprint density at radius 3 is 2.11 bits per heavy atom. The second-order valence-electron chi connectivity index (χ2n) is 4.80. The van der Waals surface area contributed by atoms with E-state index in [0.29, 0.717) is 0 Å². The van der Waals surface area contributed by atoms with Crippen LogP contribution in [-0.2, 0) is 0 Å². The van der Waals surface area contributed by atoms with Gasteiger partial charge >= 0.3 is 0 Å². The molecule has 3 aliphatic carbocycles. The van der Waals surface area contributed by atoms with Crippen molar-refractivity contribution >= 4 is 0 Å². The van der Waals surface area contributed by atoms with E-state index in [-0.39, 0.29) is 0 Å². The molecule has 0 heterocycles. The SMILES string of the molecule is CC12CCC3C(C1)C32C. The van der Waals surface area contributed by atoms with E-state index in [4.69, 9.17) is 0 Å². The molecule has 0 nitrogen and oxygen atoms in total. The van der Waals surface area contributed by atoms with Crippen LogP contribution in [0.4, 0.5) is 0 Å². The van der Waals surface area contributed by atoms with Crippen LogP contribution in [0, 0.1) is 22.7 Å². The van der Waals surface area contributed by atoms with E-state index in [1.807, 2.05) is 0 Å². The molecule has 3 fully saturated rings. The fourth-order valence-corrected chi connectivity index (χ4v) is 3.87. The third kappa shape index (κ3) is 0.249. The van der Waals surface area contributed by atoms with Gasteiger partial charge in [0.2, 0.25) is 0 Å². The molecule has 0 bridgehead atoms. The summed E-state index contributed by atoms with van der Waals surface area (Å²) in [5, 5.41) is 0. The smallest absolute Gasteiger partial charge is 0.0209 e. The summed E-state index contributed by atoms with van der Waals surface area (Å²) in [6.45, 7) is 5.01. The average molecular weight is 122 g/mol. The lowest BCUT2D eigenvalue weighted by atomic mass is 9.61. The first-order chi connectivity index (χ1) is 4.18. The highest BCUT2D eigenvalue weighted by molar-refractivity contribution is 5.29. The maximum atomic E-state index is 2.51. The molecule has 50 valence electrons. The molecule has 0 aliphatic heterocycles. The van der Waals surface area contributed by atoms with Gasteiger partial charge in [0.05, 0.1) is 0 Å². The molecule has 4 atom stereocenters. The zero-order chi connectivity index (χ0) is 6.28. The van der Waals surface area contributed by atoms with Crippen LogP contribution in [-0.4, -0.2) is 0 Å². The molecular formula is C9H14. The van der Waals surface area contributed by atoms with Crippen LogP contribution in [0.5, 0.6) is 0 Å². The van der Waals surface area contributed by atoms with Crippen LogP contribution < -0.4 is 0 Å². The van der Waals surface area contributed by atoms with E-state index >= 15 is 0 Å². The summed E-state index contributed by atoms with van der Waals surface area (Å²) in [6, 6.07) is 0. The van der Waals surface area contributed by atoms with Crippen LogP contribution in [0.25, 0.3) is 0 Å². The fourth-order valence-electron chi connectivity index (χ4n) is 3.87. The van der Waals surface area contributed by atoms with Crippen molar-refractivity contribution in [3.8, 4) is 0 Å². The van der Waals surface area contributed by atoms with Gasteiger partial charge in [0.15, 0.2) is 0 Å². The Bertz CT molecular complexity index is 178. The summed E-state index contributed by atoms with van der Waals surface area (Å²) in [6.07, 6.45) is 4.65. The maximum Gasteiger partial charge on any atom is -0.0209 e. The molecular weight excluding hydrogens is 108 g/mol. The quantitative estimate of drug-likeness (QED) is 0.463. The minimum absolute atomic E-state index is 0.808. The molecule has 3 aliphatic rings. The Labute approximate surface area is 56.6 Å². The topological polar surface area (TPSA) is 0 Å². The van der Waals surface area contributed by atoms with Crippen molar-refractivity contribution in [1.82, 2.24) is 0 Å². The molecule has 3 saturated carbocycles. The number of fused-ring (bicyclic) bond motifs is 1. The lowest BCUT2D eigenvalue weighted by Gasteiger charge is -2.44. The normalized spacial score (nSPS) is 75.3. The van der Waals surface area contributed by atoms with Crippen molar-refractivity contribution in [2.24, 2.45) is 22.7 Å². The van der Waals surface area contributed by atoms with Gasteiger partial charge in [0.1, 0.15) is 0 Å². The molecule has 9 heavy (non-hydrogen) atoms. The van der Waals surface area contributed by atoms with Crippen LogP contribution in [0.3, 0.4) is 0 Å². The molecule has 0 radical (unpaired) electrons. The maximum absolute atomic E-state index is 2.51. The Hall–Kier alpha value is 0. The highest BCUT2D eigenvalue weighted by atomic mass is 14.8. The first-order valence-corrected chi connectivity index (χ1v) is 4.18. The lowest BCUT2D eigenvalue weighted by Crippen LogP contribution is -2.36. The predicted octanol–water partition coefficient (Wildman–Crippen LogP) is 2.44. The summed E-state index contributed by atoms with van der Waals surface area (Å²) in [4.78, 5) is 0. The number of hydrogen-bond acceptors (Lipinski definition) is 0. The Balaban J connectivity index is 2.12. The van der Waals surface area contributed by atoms with Crippen LogP contribution in [0.15, 0.2) is 0 Å². The van der Waals surface area contributed by atoms with Gasteiger partial charge < -0.3 is 0 Å². The molecule has 0 aromatic rings. The van der Waals surface area contributed by atoms with Crippen molar-refractivity contribution in [3.63, 3.8) is 0 Å². The summed E-state index contributed by atoms with van der Waals surface area (Å²) >= 11 is 0. The highest BCUT2D eigenvalue weighted by Crippen LogP contribution is 2.87. The molecule has 0 heteroatoms. The molecule has 0 saturated heterocycles. The van der Waals surface area contributed by atoms with Crippen molar-refractivity contribution in [1.29, 1.82) is 0 Å². The number of rotatable bonds is 0. The molecule has 4 unspecified atom stereocenters. The first kappa shape index (κ1) is 4.76. The third-order valence-corrected chi connectivity index (χ3v) is 4.90. The predicted molar refractivity (Wildman–Crippen MR) is 37.0 cm³/mol. The minimum atomic E-state index is 0.808. The van der Waals surface area contributed by atoms with Crippen molar-refractivity contribution in [3.05, 3.63) is 0 Å². The van der Waals surface area contributed by atoms with Gasteiger partial charge in [-0.15, -0.1) is 0 Å². The molecule has 0 amide bonds. The summed E-state index contributed by atoms with van der Waals surface area (Å²) in [5.74, 6) is 2.35. The van der Waals surface area contributed by atoms with Crippen molar-refractivity contribution < 1.29 is 0 Å².